The summed E-state index contributed by atoms with van der Waals surface area (Å²) in [6.07, 6.45) is 7.78. The molecule has 0 aromatic carbocycles. The quantitative estimate of drug-likeness (QED) is 0.448. The summed E-state index contributed by atoms with van der Waals surface area (Å²) in [4.78, 5) is 0. The lowest BCUT2D eigenvalue weighted by Crippen LogP contribution is -2.45. The Hall–Kier alpha value is -0.120. The Morgan fingerprint density at radius 1 is 1.06 bits per heavy atom. The number of unbranched alkanes of at least 4 members (excludes halogenated alkanes) is 4. The summed E-state index contributed by atoms with van der Waals surface area (Å²) in [5.41, 5.74) is 5.57. The molecule has 0 aromatic heterocycles. The second kappa shape index (κ2) is 8.97. The van der Waals surface area contributed by atoms with Gasteiger partial charge in [0.25, 0.3) is 0 Å². The van der Waals surface area contributed by atoms with Gasteiger partial charge in [-0.15, -0.1) is 0 Å². The fourth-order valence-electron chi connectivity index (χ4n) is 1.93. The number of hydrogen-bond acceptors (Lipinski definition) is 3. The lowest BCUT2D eigenvalue weighted by Gasteiger charge is -2.31. The van der Waals surface area contributed by atoms with Crippen molar-refractivity contribution in [3.8, 4) is 0 Å². The summed E-state index contributed by atoms with van der Waals surface area (Å²) >= 11 is 0. The fraction of sp³-hybridized carbons (Fsp3) is 1.00. The van der Waals surface area contributed by atoms with Crippen molar-refractivity contribution < 1.29 is 9.84 Å². The van der Waals surface area contributed by atoms with Crippen molar-refractivity contribution in [1.82, 2.24) is 0 Å². The van der Waals surface area contributed by atoms with Gasteiger partial charge in [-0.3, -0.25) is 0 Å². The van der Waals surface area contributed by atoms with Crippen molar-refractivity contribution >= 4 is 0 Å². The van der Waals surface area contributed by atoms with E-state index in [-0.39, 0.29) is 0 Å². The molecule has 0 aliphatic heterocycles. The van der Waals surface area contributed by atoms with Crippen LogP contribution in [0.15, 0.2) is 0 Å². The fourth-order valence-corrected chi connectivity index (χ4v) is 1.93. The van der Waals surface area contributed by atoms with Gasteiger partial charge < -0.3 is 15.6 Å². The normalized spacial score (nSPS) is 14.1. The minimum absolute atomic E-state index is 0.626. The van der Waals surface area contributed by atoms with Gasteiger partial charge in [-0.05, 0) is 32.6 Å². The summed E-state index contributed by atoms with van der Waals surface area (Å²) in [6.45, 7) is 5.97. The molecule has 16 heavy (non-hydrogen) atoms. The van der Waals surface area contributed by atoms with Gasteiger partial charge in [-0.2, -0.15) is 0 Å². The number of aliphatic hydroxyl groups is 1. The first-order chi connectivity index (χ1) is 7.54. The largest absolute Gasteiger partial charge is 0.368 e. The van der Waals surface area contributed by atoms with Crippen molar-refractivity contribution in [3.05, 3.63) is 0 Å². The monoisotopic (exact) mass is 231 g/mol. The minimum Gasteiger partial charge on any atom is -0.368 e. The molecule has 0 saturated carbocycles. The highest BCUT2D eigenvalue weighted by Gasteiger charge is 2.26. The van der Waals surface area contributed by atoms with Crippen LogP contribution in [0.25, 0.3) is 0 Å². The Morgan fingerprint density at radius 3 is 1.81 bits per heavy atom. The van der Waals surface area contributed by atoms with Crippen molar-refractivity contribution in [2.45, 2.75) is 84.2 Å². The van der Waals surface area contributed by atoms with Crippen LogP contribution in [0.2, 0.25) is 0 Å². The van der Waals surface area contributed by atoms with Gasteiger partial charge in [0.2, 0.25) is 0 Å². The van der Waals surface area contributed by atoms with Crippen LogP contribution >= 0.6 is 0 Å². The zero-order chi connectivity index (χ0) is 12.4. The molecule has 0 aromatic rings. The van der Waals surface area contributed by atoms with Crippen molar-refractivity contribution in [2.75, 3.05) is 0 Å². The molecule has 0 fully saturated rings. The number of rotatable bonds is 10. The van der Waals surface area contributed by atoms with Crippen LogP contribution in [-0.4, -0.2) is 17.1 Å². The van der Waals surface area contributed by atoms with Crippen molar-refractivity contribution in [2.24, 2.45) is 5.73 Å². The van der Waals surface area contributed by atoms with E-state index in [1.165, 1.54) is 25.7 Å². The molecule has 3 N–H and O–H groups in total. The highest BCUT2D eigenvalue weighted by atomic mass is 16.6. The van der Waals surface area contributed by atoms with Gasteiger partial charge in [0, 0.05) is 0 Å². The Morgan fingerprint density at radius 2 is 1.50 bits per heavy atom. The molecule has 0 spiro atoms. The molecule has 0 saturated heterocycles. The van der Waals surface area contributed by atoms with E-state index in [0.29, 0.717) is 0 Å². The van der Waals surface area contributed by atoms with E-state index >= 15 is 0 Å². The highest BCUT2D eigenvalue weighted by Crippen LogP contribution is 2.22. The summed E-state index contributed by atoms with van der Waals surface area (Å²) in [7, 11) is 0. The standard InChI is InChI=1S/C13H29NO2/c1-4-6-8-10-13(14,16-12(3)15)11-9-7-5-2/h12,15H,4-11,14H2,1-3H3. The van der Waals surface area contributed by atoms with Gasteiger partial charge >= 0.3 is 0 Å². The first-order valence-corrected chi connectivity index (χ1v) is 6.69. The van der Waals surface area contributed by atoms with Crippen LogP contribution in [-0.2, 0) is 4.74 Å². The van der Waals surface area contributed by atoms with Gasteiger partial charge in [-0.25, -0.2) is 0 Å². The predicted molar refractivity (Wildman–Crippen MR) is 68.0 cm³/mol. The minimum atomic E-state index is -0.770. The lowest BCUT2D eigenvalue weighted by molar-refractivity contribution is -0.181. The summed E-state index contributed by atoms with van der Waals surface area (Å²) < 4.78 is 5.46. The van der Waals surface area contributed by atoms with Gasteiger partial charge in [0.15, 0.2) is 6.29 Å². The van der Waals surface area contributed by atoms with E-state index in [4.69, 9.17) is 10.5 Å². The van der Waals surface area contributed by atoms with E-state index in [1.54, 1.807) is 6.92 Å². The molecule has 0 rings (SSSR count). The summed E-state index contributed by atoms with van der Waals surface area (Å²) in [5, 5.41) is 9.30. The average molecular weight is 231 g/mol. The molecule has 1 atom stereocenters. The van der Waals surface area contributed by atoms with Gasteiger partial charge in [-0.1, -0.05) is 39.5 Å². The third kappa shape index (κ3) is 8.08. The maximum absolute atomic E-state index is 9.30. The Balaban J connectivity index is 4.02. The molecule has 3 heteroatoms. The third-order valence-electron chi connectivity index (χ3n) is 2.81. The van der Waals surface area contributed by atoms with E-state index in [2.05, 4.69) is 13.8 Å². The Labute approximate surface area is 100 Å². The van der Waals surface area contributed by atoms with Crippen molar-refractivity contribution in [1.29, 1.82) is 0 Å². The highest BCUT2D eigenvalue weighted by molar-refractivity contribution is 4.73. The Kier molecular flexibility index (Phi) is 8.90. The third-order valence-corrected chi connectivity index (χ3v) is 2.81. The molecule has 0 bridgehead atoms. The first kappa shape index (κ1) is 15.9. The zero-order valence-electron chi connectivity index (χ0n) is 11.2. The second-order valence-corrected chi connectivity index (χ2v) is 4.70. The summed E-state index contributed by atoms with van der Waals surface area (Å²) in [5.74, 6) is 0. The topological polar surface area (TPSA) is 55.5 Å². The zero-order valence-corrected chi connectivity index (χ0v) is 11.2. The summed E-state index contributed by atoms with van der Waals surface area (Å²) in [6, 6.07) is 0. The van der Waals surface area contributed by atoms with Crippen molar-refractivity contribution in [3.63, 3.8) is 0 Å². The van der Waals surface area contributed by atoms with Crippen LogP contribution in [0.3, 0.4) is 0 Å². The molecule has 0 radical (unpaired) electrons. The molecule has 98 valence electrons. The van der Waals surface area contributed by atoms with E-state index in [1.807, 2.05) is 0 Å². The van der Waals surface area contributed by atoms with Crippen LogP contribution in [0.4, 0.5) is 0 Å². The maximum Gasteiger partial charge on any atom is 0.154 e. The lowest BCUT2D eigenvalue weighted by atomic mass is 9.98. The second-order valence-electron chi connectivity index (χ2n) is 4.70. The molecule has 0 amide bonds. The molecule has 0 aliphatic carbocycles. The number of hydrogen-bond donors (Lipinski definition) is 2. The predicted octanol–water partition coefficient (Wildman–Crippen LogP) is 3.16. The van der Waals surface area contributed by atoms with E-state index < -0.39 is 12.0 Å². The van der Waals surface area contributed by atoms with E-state index in [0.717, 1.165) is 25.7 Å². The van der Waals surface area contributed by atoms with Crippen LogP contribution in [0, 0.1) is 0 Å². The number of aliphatic hydroxyl groups excluding tert-OH is 1. The maximum atomic E-state index is 9.30. The van der Waals surface area contributed by atoms with Crippen LogP contribution < -0.4 is 5.73 Å². The number of nitrogens with two attached hydrogens (primary N) is 1. The van der Waals surface area contributed by atoms with Crippen LogP contribution in [0.5, 0.6) is 0 Å². The van der Waals surface area contributed by atoms with E-state index in [9.17, 15) is 5.11 Å². The molecule has 0 aliphatic rings. The molecule has 1 unspecified atom stereocenters. The van der Waals surface area contributed by atoms with Gasteiger partial charge in [0.1, 0.15) is 5.72 Å². The molecular formula is C13H29NO2. The first-order valence-electron chi connectivity index (χ1n) is 6.69. The number of ether oxygens (including phenoxy) is 1. The Bertz CT molecular complexity index is 150. The molecule has 0 heterocycles. The van der Waals surface area contributed by atoms with Crippen LogP contribution in [0.1, 0.15) is 72.1 Å². The molecule has 3 nitrogen and oxygen atoms in total. The average Bonchev–Trinajstić information content (AvgIpc) is 2.17. The smallest absolute Gasteiger partial charge is 0.154 e. The van der Waals surface area contributed by atoms with Gasteiger partial charge in [0.05, 0.1) is 0 Å². The molecular weight excluding hydrogens is 202 g/mol. The SMILES string of the molecule is CCCCCC(N)(CCCCC)OC(C)O.